The van der Waals surface area contributed by atoms with Crippen molar-refractivity contribution >= 4 is 33.2 Å². The molecule has 9 nitrogen and oxygen atoms in total. The molecule has 40 heavy (non-hydrogen) atoms. The Labute approximate surface area is 236 Å². The lowest BCUT2D eigenvalue weighted by atomic mass is 9.96. The predicted molar refractivity (Wildman–Crippen MR) is 158 cm³/mol. The van der Waals surface area contributed by atoms with Crippen LogP contribution < -0.4 is 20.1 Å². The second-order valence-corrected chi connectivity index (χ2v) is 12.3. The fourth-order valence-electron chi connectivity index (χ4n) is 4.64. The number of hydrogen-bond acceptors (Lipinski definition) is 6. The molecule has 0 saturated carbocycles. The van der Waals surface area contributed by atoms with Gasteiger partial charge in [0.25, 0.3) is 11.8 Å². The number of amides is 2. The van der Waals surface area contributed by atoms with Gasteiger partial charge in [-0.05, 0) is 59.9 Å². The van der Waals surface area contributed by atoms with E-state index in [-0.39, 0.29) is 11.8 Å². The lowest BCUT2D eigenvalue weighted by Gasteiger charge is -2.26. The van der Waals surface area contributed by atoms with Crippen LogP contribution in [-0.4, -0.2) is 57.1 Å². The summed E-state index contributed by atoms with van der Waals surface area (Å²) in [6.45, 7) is 8.03. The molecule has 1 atom stereocenters. The number of carbonyl (C=O) groups excluding carboxylic acids is 2. The van der Waals surface area contributed by atoms with E-state index in [1.165, 1.54) is 0 Å². The van der Waals surface area contributed by atoms with E-state index in [2.05, 4.69) is 34.1 Å². The second kappa shape index (κ2) is 12.6. The molecule has 0 bridgehead atoms. The first-order valence-electron chi connectivity index (χ1n) is 13.3. The number of fused-ring (bicyclic) bond motifs is 1. The number of carbonyl (C=O) groups is 2. The molecule has 0 aromatic heterocycles. The van der Waals surface area contributed by atoms with Gasteiger partial charge in [0.15, 0.2) is 6.10 Å². The van der Waals surface area contributed by atoms with Gasteiger partial charge in [0.05, 0.1) is 11.9 Å². The van der Waals surface area contributed by atoms with Gasteiger partial charge in [-0.2, -0.15) is 0 Å². The summed E-state index contributed by atoms with van der Waals surface area (Å²) in [6.07, 6.45) is 0.575. The number of nitrogens with one attached hydrogen (secondary N) is 3. The first-order chi connectivity index (χ1) is 19.0. The van der Waals surface area contributed by atoms with Crippen molar-refractivity contribution in [2.24, 2.45) is 5.92 Å². The van der Waals surface area contributed by atoms with E-state index in [1.807, 2.05) is 42.5 Å². The van der Waals surface area contributed by atoms with Gasteiger partial charge in [-0.25, -0.2) is 13.1 Å². The first kappa shape index (κ1) is 29.3. The van der Waals surface area contributed by atoms with Crippen LogP contribution in [-0.2, 0) is 21.4 Å². The Bertz CT molecular complexity index is 1470. The lowest BCUT2D eigenvalue weighted by molar-refractivity contribution is -0.122. The molecule has 212 valence electrons. The number of rotatable bonds is 11. The highest BCUT2D eigenvalue weighted by atomic mass is 32.2. The Morgan fingerprint density at radius 1 is 1.07 bits per heavy atom. The Hall–Kier alpha value is -3.73. The molecule has 4 rings (SSSR count). The molecule has 0 radical (unpaired) electrons. The lowest BCUT2D eigenvalue weighted by Crippen LogP contribution is -2.36. The minimum atomic E-state index is -3.29. The maximum absolute atomic E-state index is 13.3. The normalized spacial score (nSPS) is 14.9. The molecule has 1 unspecified atom stereocenters. The molecule has 3 N–H and O–H groups in total. The number of ether oxygens (including phenoxy) is 1. The first-order valence-corrected chi connectivity index (χ1v) is 15.2. The fourth-order valence-corrected chi connectivity index (χ4v) is 5.10. The van der Waals surface area contributed by atoms with Crippen molar-refractivity contribution in [3.05, 3.63) is 77.9 Å². The smallest absolute Gasteiger partial charge is 0.265 e. The van der Waals surface area contributed by atoms with Gasteiger partial charge in [-0.1, -0.05) is 50.2 Å². The van der Waals surface area contributed by atoms with Gasteiger partial charge < -0.3 is 15.4 Å². The molecule has 1 heterocycles. The molecule has 10 heteroatoms. The molecular weight excluding hydrogens is 528 g/mol. The molecule has 2 amide bonds. The summed E-state index contributed by atoms with van der Waals surface area (Å²) in [5, 5.41) is 5.72. The van der Waals surface area contributed by atoms with Crippen LogP contribution in [0.5, 0.6) is 5.75 Å². The minimum absolute atomic E-state index is 0.241. The van der Waals surface area contributed by atoms with Crippen molar-refractivity contribution in [1.82, 2.24) is 9.62 Å². The number of anilines is 2. The summed E-state index contributed by atoms with van der Waals surface area (Å²) in [7, 11) is -3.29. The maximum atomic E-state index is 13.3. The van der Waals surface area contributed by atoms with Crippen molar-refractivity contribution in [2.75, 3.05) is 36.5 Å². The summed E-state index contributed by atoms with van der Waals surface area (Å²) in [6, 6.07) is 20.7. The highest BCUT2D eigenvalue weighted by Gasteiger charge is 2.24. The summed E-state index contributed by atoms with van der Waals surface area (Å²) in [5.74, 6) is 0.387. The molecule has 1 aliphatic rings. The van der Waals surface area contributed by atoms with Crippen molar-refractivity contribution in [1.29, 1.82) is 0 Å². The largest absolute Gasteiger partial charge is 0.479 e. The topological polar surface area (TPSA) is 117 Å². The van der Waals surface area contributed by atoms with Crippen molar-refractivity contribution in [3.63, 3.8) is 0 Å². The highest BCUT2D eigenvalue weighted by Crippen LogP contribution is 2.32. The standard InChI is InChI=1S/C30H36N4O5S/c1-20(2)18-34(15-14-31-40(4,37)38)19-24-16-23(10-12-26(24)22-8-6-5-7-9-22)30(36)32-25-11-13-28-27(17-25)33-29(35)21(3)39-28/h5-13,16-17,20-21,31H,14-15,18-19H2,1-4H3,(H,32,36)(H,33,35). The summed E-state index contributed by atoms with van der Waals surface area (Å²) in [4.78, 5) is 27.5. The van der Waals surface area contributed by atoms with E-state index in [4.69, 9.17) is 4.74 Å². The van der Waals surface area contributed by atoms with Gasteiger partial charge in [0.2, 0.25) is 10.0 Å². The third kappa shape index (κ3) is 7.91. The zero-order chi connectivity index (χ0) is 28.9. The van der Waals surface area contributed by atoms with E-state index >= 15 is 0 Å². The van der Waals surface area contributed by atoms with E-state index in [1.54, 1.807) is 31.2 Å². The molecule has 0 spiro atoms. The minimum Gasteiger partial charge on any atom is -0.479 e. The Morgan fingerprint density at radius 3 is 2.52 bits per heavy atom. The van der Waals surface area contributed by atoms with Crippen LogP contribution in [0, 0.1) is 5.92 Å². The van der Waals surface area contributed by atoms with Crippen LogP contribution in [0.15, 0.2) is 66.7 Å². The van der Waals surface area contributed by atoms with E-state index in [0.29, 0.717) is 48.2 Å². The Balaban J connectivity index is 1.60. The third-order valence-electron chi connectivity index (χ3n) is 6.43. The molecule has 0 fully saturated rings. The molecule has 3 aromatic carbocycles. The van der Waals surface area contributed by atoms with E-state index in [9.17, 15) is 18.0 Å². The van der Waals surface area contributed by atoms with Crippen LogP contribution in [0.1, 0.15) is 36.7 Å². The van der Waals surface area contributed by atoms with E-state index < -0.39 is 16.1 Å². The number of hydrogen-bond donors (Lipinski definition) is 3. The van der Waals surface area contributed by atoms with Crippen LogP contribution in [0.3, 0.4) is 0 Å². The van der Waals surface area contributed by atoms with Crippen molar-refractivity contribution in [2.45, 2.75) is 33.4 Å². The Kier molecular flexibility index (Phi) is 9.24. The monoisotopic (exact) mass is 564 g/mol. The second-order valence-electron chi connectivity index (χ2n) is 10.4. The zero-order valence-corrected chi connectivity index (χ0v) is 24.0. The van der Waals surface area contributed by atoms with Crippen LogP contribution >= 0.6 is 0 Å². The molecule has 1 aliphatic heterocycles. The highest BCUT2D eigenvalue weighted by molar-refractivity contribution is 7.88. The van der Waals surface area contributed by atoms with E-state index in [0.717, 1.165) is 29.5 Å². The van der Waals surface area contributed by atoms with Crippen LogP contribution in [0.4, 0.5) is 11.4 Å². The molecule has 3 aromatic rings. The predicted octanol–water partition coefficient (Wildman–Crippen LogP) is 4.33. The van der Waals surface area contributed by atoms with Crippen molar-refractivity contribution < 1.29 is 22.7 Å². The number of benzene rings is 3. The molecule has 0 saturated heterocycles. The molecular formula is C30H36N4O5S. The average Bonchev–Trinajstić information content (AvgIpc) is 2.89. The zero-order valence-electron chi connectivity index (χ0n) is 23.2. The van der Waals surface area contributed by atoms with Gasteiger partial charge in [-0.3, -0.25) is 14.5 Å². The fraction of sp³-hybridized carbons (Fsp3) is 0.333. The van der Waals surface area contributed by atoms with Crippen molar-refractivity contribution in [3.8, 4) is 16.9 Å². The van der Waals surface area contributed by atoms with Gasteiger partial charge in [0, 0.05) is 37.4 Å². The summed E-state index contributed by atoms with van der Waals surface area (Å²) < 4.78 is 31.4. The van der Waals surface area contributed by atoms with Crippen LogP contribution in [0.2, 0.25) is 0 Å². The summed E-state index contributed by atoms with van der Waals surface area (Å²) in [5.41, 5.74) is 4.52. The van der Waals surface area contributed by atoms with Gasteiger partial charge in [-0.15, -0.1) is 0 Å². The van der Waals surface area contributed by atoms with Gasteiger partial charge in [0.1, 0.15) is 5.75 Å². The SMILES string of the molecule is CC(C)CN(CCNS(C)(=O)=O)Cc1cc(C(=O)Nc2ccc3c(c2)NC(=O)C(C)O3)ccc1-c1ccccc1. The maximum Gasteiger partial charge on any atom is 0.265 e. The number of sulfonamides is 1. The number of nitrogens with zero attached hydrogens (tertiary/aromatic N) is 1. The quantitative estimate of drug-likeness (QED) is 0.319. The average molecular weight is 565 g/mol. The third-order valence-corrected chi connectivity index (χ3v) is 7.16. The Morgan fingerprint density at radius 2 is 1.82 bits per heavy atom. The van der Waals surface area contributed by atoms with Gasteiger partial charge >= 0.3 is 0 Å². The summed E-state index contributed by atoms with van der Waals surface area (Å²) >= 11 is 0. The molecule has 0 aliphatic carbocycles. The van der Waals surface area contributed by atoms with Crippen LogP contribution in [0.25, 0.3) is 11.1 Å².